The number of cyclic esters (lactones) is 2. The molecule has 0 aromatic rings. The van der Waals surface area contributed by atoms with E-state index in [2.05, 4.69) is 0 Å². The molecule has 11 nitrogen and oxygen atoms in total. The van der Waals surface area contributed by atoms with Gasteiger partial charge in [0.25, 0.3) is 0 Å². The fraction of sp³-hybridized carbons (Fsp3) is 0.957. The highest BCUT2D eigenvalue weighted by molar-refractivity contribution is 5.70. The highest BCUT2D eigenvalue weighted by Gasteiger charge is 2.46. The SMILES string of the molecule is O=C1OC(COC2CCCC3CC(OCC4CO4)CCC32)CN1C1CCC(CC2CCC(N3CC(COC4CCCC5CCC(C6CO6)CC54)OC3=O)CC2)CC1. The lowest BCUT2D eigenvalue weighted by molar-refractivity contribution is -0.0931. The Balaban J connectivity index is 0.611. The Morgan fingerprint density at radius 2 is 1.07 bits per heavy atom. The first-order valence-corrected chi connectivity index (χ1v) is 24.0. The second kappa shape index (κ2) is 17.7. The van der Waals surface area contributed by atoms with E-state index in [1.54, 1.807) is 0 Å². The summed E-state index contributed by atoms with van der Waals surface area (Å²) in [7, 11) is 0. The van der Waals surface area contributed by atoms with Gasteiger partial charge in [-0.25, -0.2) is 9.59 Å². The van der Waals surface area contributed by atoms with Crippen molar-refractivity contribution in [2.45, 2.75) is 190 Å². The van der Waals surface area contributed by atoms with Gasteiger partial charge < -0.3 is 43.0 Å². The summed E-state index contributed by atoms with van der Waals surface area (Å²) in [6, 6.07) is 0.588. The van der Waals surface area contributed by atoms with Gasteiger partial charge in [0.05, 0.1) is 70.5 Å². The molecule has 4 aliphatic heterocycles. The Morgan fingerprint density at radius 3 is 1.67 bits per heavy atom. The molecule has 57 heavy (non-hydrogen) atoms. The molecule has 0 bridgehead atoms. The number of nitrogens with zero attached hydrogens (tertiary/aromatic N) is 2. The normalized spacial score (nSPS) is 45.9. The van der Waals surface area contributed by atoms with Crippen LogP contribution in [0.3, 0.4) is 0 Å². The average molecular weight is 797 g/mol. The average Bonchev–Trinajstić information content (AvgIpc) is 4.18. The van der Waals surface area contributed by atoms with E-state index < -0.39 is 0 Å². The van der Waals surface area contributed by atoms with Crippen LogP contribution in [0.15, 0.2) is 0 Å². The molecule has 0 aromatic heterocycles. The third kappa shape index (κ3) is 9.48. The van der Waals surface area contributed by atoms with Gasteiger partial charge in [-0.15, -0.1) is 0 Å². The lowest BCUT2D eigenvalue weighted by Crippen LogP contribution is -2.42. The van der Waals surface area contributed by atoms with Gasteiger partial charge in [0.1, 0.15) is 18.3 Å². The molecular formula is C46H72N2O9. The number of carbonyl (C=O) groups excluding carboxylic acids is 2. The lowest BCUT2D eigenvalue weighted by Gasteiger charge is -2.43. The van der Waals surface area contributed by atoms with Crippen molar-refractivity contribution >= 4 is 12.2 Å². The predicted octanol–water partition coefficient (Wildman–Crippen LogP) is 7.91. The van der Waals surface area contributed by atoms with E-state index in [-0.39, 0.29) is 30.5 Å². The van der Waals surface area contributed by atoms with Crippen LogP contribution < -0.4 is 0 Å². The van der Waals surface area contributed by atoms with Crippen LogP contribution in [0.4, 0.5) is 9.59 Å². The molecule has 12 atom stereocenters. The van der Waals surface area contributed by atoms with Gasteiger partial charge in [0, 0.05) is 12.1 Å². The number of fused-ring (bicyclic) bond motifs is 2. The van der Waals surface area contributed by atoms with Gasteiger partial charge in [-0.05, 0) is 163 Å². The molecule has 4 heterocycles. The zero-order valence-electron chi connectivity index (χ0n) is 34.6. The number of hydrogen-bond acceptors (Lipinski definition) is 9. The number of hydrogen-bond donors (Lipinski definition) is 0. The summed E-state index contributed by atoms with van der Waals surface area (Å²) in [5.74, 6) is 4.92. The van der Waals surface area contributed by atoms with E-state index in [0.29, 0.717) is 80.6 Å². The van der Waals surface area contributed by atoms with Crippen LogP contribution >= 0.6 is 0 Å². The highest BCUT2D eigenvalue weighted by Crippen LogP contribution is 2.47. The topological polar surface area (TPSA) is 112 Å². The third-order valence-electron chi connectivity index (χ3n) is 16.9. The molecule has 0 N–H and O–H groups in total. The van der Waals surface area contributed by atoms with E-state index in [1.165, 1.54) is 83.5 Å². The molecule has 0 spiro atoms. The van der Waals surface area contributed by atoms with Crippen LogP contribution in [0, 0.1) is 41.4 Å². The molecule has 4 saturated heterocycles. The van der Waals surface area contributed by atoms with E-state index in [4.69, 9.17) is 33.2 Å². The molecule has 11 heteroatoms. The standard InChI is InChI=1S/C46H72N2O9/c49-45-47(22-37(56-45)24-53-42-5-2-4-32-20-36(17-18-40(32)42)51-26-39-27-52-39)34-13-7-29(8-14-34)19-30-9-15-35(16-10-30)48-23-38(57-46(48)50)25-54-43-6-1-3-31-11-12-33(21-41(31)43)44-28-55-44/h29-44H,1-28H2. The number of amides is 2. The first-order valence-electron chi connectivity index (χ1n) is 24.0. The van der Waals surface area contributed by atoms with E-state index in [9.17, 15) is 9.59 Å². The lowest BCUT2D eigenvalue weighted by atomic mass is 9.65. The van der Waals surface area contributed by atoms with Gasteiger partial charge in [-0.1, -0.05) is 12.8 Å². The molecule has 0 aromatic carbocycles. The van der Waals surface area contributed by atoms with Crippen LogP contribution in [0.25, 0.3) is 0 Å². The number of rotatable bonds is 14. The number of ether oxygens (including phenoxy) is 7. The van der Waals surface area contributed by atoms with E-state index >= 15 is 0 Å². The van der Waals surface area contributed by atoms with Crippen LogP contribution in [-0.4, -0.2) is 123 Å². The predicted molar refractivity (Wildman–Crippen MR) is 212 cm³/mol. The maximum Gasteiger partial charge on any atom is 0.410 e. The van der Waals surface area contributed by atoms with Crippen LogP contribution in [0.1, 0.15) is 135 Å². The van der Waals surface area contributed by atoms with Crippen molar-refractivity contribution in [1.29, 1.82) is 0 Å². The zero-order valence-corrected chi connectivity index (χ0v) is 34.6. The summed E-state index contributed by atoms with van der Waals surface area (Å²) in [6.07, 6.45) is 26.3. The Bertz CT molecular complexity index is 1360. The number of epoxide rings is 2. The van der Waals surface area contributed by atoms with Crippen molar-refractivity contribution in [3.8, 4) is 0 Å². The molecule has 10 rings (SSSR count). The monoisotopic (exact) mass is 797 g/mol. The fourth-order valence-electron chi connectivity index (χ4n) is 13.6. The Morgan fingerprint density at radius 1 is 0.509 bits per heavy atom. The first-order chi connectivity index (χ1) is 28.0. The van der Waals surface area contributed by atoms with Crippen molar-refractivity contribution in [3.63, 3.8) is 0 Å². The molecule has 12 unspecified atom stereocenters. The van der Waals surface area contributed by atoms with Gasteiger partial charge in [-0.2, -0.15) is 0 Å². The second-order valence-corrected chi connectivity index (χ2v) is 20.5. The van der Waals surface area contributed by atoms with Crippen molar-refractivity contribution in [1.82, 2.24) is 9.80 Å². The largest absolute Gasteiger partial charge is 0.442 e. The van der Waals surface area contributed by atoms with Crippen LogP contribution in [-0.2, 0) is 33.2 Å². The van der Waals surface area contributed by atoms with Crippen molar-refractivity contribution in [2.75, 3.05) is 46.1 Å². The second-order valence-electron chi connectivity index (χ2n) is 20.5. The fourth-order valence-corrected chi connectivity index (χ4v) is 13.6. The minimum atomic E-state index is -0.156. The summed E-state index contributed by atoms with van der Waals surface area (Å²) in [5, 5.41) is 0. The summed E-state index contributed by atoms with van der Waals surface area (Å²) < 4.78 is 42.2. The summed E-state index contributed by atoms with van der Waals surface area (Å²) in [5.41, 5.74) is 0. The Kier molecular flexibility index (Phi) is 12.3. The molecule has 0 radical (unpaired) electrons. The Hall–Kier alpha value is -1.66. The van der Waals surface area contributed by atoms with Crippen LogP contribution in [0.2, 0.25) is 0 Å². The Labute approximate surface area is 341 Å². The molecule has 10 aliphatic rings. The molecule has 2 amide bonds. The van der Waals surface area contributed by atoms with Gasteiger partial charge in [0.2, 0.25) is 0 Å². The molecule has 320 valence electrons. The molecular weight excluding hydrogens is 725 g/mol. The van der Waals surface area contributed by atoms with Crippen LogP contribution in [0.5, 0.6) is 0 Å². The van der Waals surface area contributed by atoms with Gasteiger partial charge in [-0.3, -0.25) is 0 Å². The van der Waals surface area contributed by atoms with E-state index in [0.717, 1.165) is 94.9 Å². The highest BCUT2D eigenvalue weighted by atomic mass is 16.6. The van der Waals surface area contributed by atoms with E-state index in [1.807, 2.05) is 9.80 Å². The third-order valence-corrected chi connectivity index (χ3v) is 16.9. The minimum absolute atomic E-state index is 0.129. The summed E-state index contributed by atoms with van der Waals surface area (Å²) in [4.78, 5) is 30.2. The van der Waals surface area contributed by atoms with Crippen molar-refractivity contribution < 1.29 is 42.7 Å². The van der Waals surface area contributed by atoms with Crippen molar-refractivity contribution in [3.05, 3.63) is 0 Å². The maximum atomic E-state index is 13.1. The van der Waals surface area contributed by atoms with Gasteiger partial charge in [0.15, 0.2) is 0 Å². The maximum absolute atomic E-state index is 13.1. The quantitative estimate of drug-likeness (QED) is 0.162. The van der Waals surface area contributed by atoms with Gasteiger partial charge >= 0.3 is 12.2 Å². The molecule has 6 saturated carbocycles. The summed E-state index contributed by atoms with van der Waals surface area (Å²) >= 11 is 0. The van der Waals surface area contributed by atoms with Crippen molar-refractivity contribution in [2.24, 2.45) is 41.4 Å². The first kappa shape index (κ1) is 39.5. The smallest absolute Gasteiger partial charge is 0.410 e. The molecule has 10 fully saturated rings. The number of carbonyl (C=O) groups is 2. The molecule has 6 aliphatic carbocycles. The minimum Gasteiger partial charge on any atom is -0.442 e. The zero-order chi connectivity index (χ0) is 38.3. The summed E-state index contributed by atoms with van der Waals surface area (Å²) in [6.45, 7) is 4.98.